The molecule has 0 aliphatic heterocycles. The second kappa shape index (κ2) is 6.68. The van der Waals surface area contributed by atoms with Crippen LogP contribution in [0.1, 0.15) is 42.1 Å². The number of carbonyl (C=O) groups excluding carboxylic acids is 1. The SMILES string of the molecule is CCCCCN=C(N)c1ccccc1C(N)=O. The number of benzene rings is 1. The van der Waals surface area contributed by atoms with Crippen LogP contribution in [0.2, 0.25) is 0 Å². The van der Waals surface area contributed by atoms with Crippen molar-refractivity contribution < 1.29 is 4.79 Å². The summed E-state index contributed by atoms with van der Waals surface area (Å²) < 4.78 is 0. The molecule has 0 saturated carbocycles. The van der Waals surface area contributed by atoms with E-state index in [9.17, 15) is 4.79 Å². The van der Waals surface area contributed by atoms with Crippen molar-refractivity contribution >= 4 is 11.7 Å². The van der Waals surface area contributed by atoms with Crippen molar-refractivity contribution in [1.29, 1.82) is 0 Å². The number of amides is 1. The van der Waals surface area contributed by atoms with Crippen molar-refractivity contribution in [3.05, 3.63) is 35.4 Å². The molecule has 0 bridgehead atoms. The van der Waals surface area contributed by atoms with Gasteiger partial charge in [-0.2, -0.15) is 0 Å². The molecule has 4 N–H and O–H groups in total. The number of hydrogen-bond acceptors (Lipinski definition) is 2. The van der Waals surface area contributed by atoms with Crippen LogP contribution in [-0.2, 0) is 0 Å². The van der Waals surface area contributed by atoms with Crippen molar-refractivity contribution in [2.75, 3.05) is 6.54 Å². The molecule has 4 heteroatoms. The summed E-state index contributed by atoms with van der Waals surface area (Å²) in [5, 5.41) is 0. The van der Waals surface area contributed by atoms with E-state index < -0.39 is 5.91 Å². The maximum Gasteiger partial charge on any atom is 0.249 e. The first-order chi connectivity index (χ1) is 8.16. The Labute approximate surface area is 102 Å². The van der Waals surface area contributed by atoms with Crippen LogP contribution in [-0.4, -0.2) is 18.3 Å². The van der Waals surface area contributed by atoms with E-state index in [0.717, 1.165) is 19.3 Å². The van der Waals surface area contributed by atoms with Crippen molar-refractivity contribution in [2.45, 2.75) is 26.2 Å². The molecule has 1 aromatic carbocycles. The lowest BCUT2D eigenvalue weighted by molar-refractivity contribution is 0.1000. The first-order valence-electron chi connectivity index (χ1n) is 5.86. The largest absolute Gasteiger partial charge is 0.383 e. The average Bonchev–Trinajstić information content (AvgIpc) is 2.34. The van der Waals surface area contributed by atoms with E-state index in [0.29, 0.717) is 23.5 Å². The molecule has 0 heterocycles. The second-order valence-corrected chi connectivity index (χ2v) is 3.88. The summed E-state index contributed by atoms with van der Waals surface area (Å²) in [6, 6.07) is 7.00. The molecule has 0 aliphatic rings. The Hall–Kier alpha value is -1.84. The molecule has 1 rings (SSSR count). The van der Waals surface area contributed by atoms with Crippen LogP contribution in [0, 0.1) is 0 Å². The van der Waals surface area contributed by atoms with Gasteiger partial charge >= 0.3 is 0 Å². The molecule has 0 aliphatic carbocycles. The van der Waals surface area contributed by atoms with Gasteiger partial charge in [0.1, 0.15) is 5.84 Å². The Kier molecular flexibility index (Phi) is 5.20. The molecular weight excluding hydrogens is 214 g/mol. The number of nitrogens with zero attached hydrogens (tertiary/aromatic N) is 1. The van der Waals surface area contributed by atoms with Gasteiger partial charge in [-0.3, -0.25) is 9.79 Å². The number of primary amides is 1. The highest BCUT2D eigenvalue weighted by atomic mass is 16.1. The van der Waals surface area contributed by atoms with E-state index in [4.69, 9.17) is 11.5 Å². The summed E-state index contributed by atoms with van der Waals surface area (Å²) in [6.07, 6.45) is 3.29. The van der Waals surface area contributed by atoms with Crippen LogP contribution >= 0.6 is 0 Å². The van der Waals surface area contributed by atoms with Crippen LogP contribution in [0.25, 0.3) is 0 Å². The molecule has 1 aromatic rings. The molecule has 1 amide bonds. The Morgan fingerprint density at radius 3 is 2.41 bits per heavy atom. The number of rotatable bonds is 6. The third-order valence-electron chi connectivity index (χ3n) is 2.51. The van der Waals surface area contributed by atoms with Gasteiger partial charge in [-0.15, -0.1) is 0 Å². The fourth-order valence-corrected chi connectivity index (χ4v) is 1.57. The Morgan fingerprint density at radius 2 is 1.82 bits per heavy atom. The number of nitrogens with two attached hydrogens (primary N) is 2. The molecule has 4 nitrogen and oxygen atoms in total. The van der Waals surface area contributed by atoms with Gasteiger partial charge in [-0.1, -0.05) is 38.0 Å². The zero-order valence-electron chi connectivity index (χ0n) is 10.1. The number of carbonyl (C=O) groups is 1. The van der Waals surface area contributed by atoms with Gasteiger partial charge in [0.25, 0.3) is 0 Å². The fourth-order valence-electron chi connectivity index (χ4n) is 1.57. The summed E-state index contributed by atoms with van der Waals surface area (Å²) in [6.45, 7) is 2.82. The first-order valence-corrected chi connectivity index (χ1v) is 5.86. The van der Waals surface area contributed by atoms with Crippen molar-refractivity contribution in [1.82, 2.24) is 0 Å². The average molecular weight is 233 g/mol. The van der Waals surface area contributed by atoms with Crippen molar-refractivity contribution in [2.24, 2.45) is 16.5 Å². The van der Waals surface area contributed by atoms with Crippen LogP contribution in [0.4, 0.5) is 0 Å². The van der Waals surface area contributed by atoms with Crippen LogP contribution in [0.15, 0.2) is 29.3 Å². The number of aliphatic imine (C=N–C) groups is 1. The van der Waals surface area contributed by atoms with E-state index in [2.05, 4.69) is 11.9 Å². The predicted molar refractivity (Wildman–Crippen MR) is 70.1 cm³/mol. The molecular formula is C13H19N3O. The fraction of sp³-hybridized carbons (Fsp3) is 0.385. The van der Waals surface area contributed by atoms with E-state index in [1.54, 1.807) is 18.2 Å². The van der Waals surface area contributed by atoms with Gasteiger partial charge in [0.05, 0.1) is 0 Å². The molecule has 0 saturated heterocycles. The van der Waals surface area contributed by atoms with Gasteiger partial charge in [-0.05, 0) is 12.5 Å². The zero-order valence-corrected chi connectivity index (χ0v) is 10.1. The molecule has 0 unspecified atom stereocenters. The summed E-state index contributed by atoms with van der Waals surface area (Å²) in [4.78, 5) is 15.5. The molecule has 0 fully saturated rings. The molecule has 17 heavy (non-hydrogen) atoms. The lowest BCUT2D eigenvalue weighted by Gasteiger charge is -2.05. The maximum atomic E-state index is 11.2. The van der Waals surface area contributed by atoms with Gasteiger partial charge in [0.15, 0.2) is 0 Å². The highest BCUT2D eigenvalue weighted by molar-refractivity contribution is 6.08. The summed E-state index contributed by atoms with van der Waals surface area (Å²) >= 11 is 0. The Morgan fingerprint density at radius 1 is 1.18 bits per heavy atom. The van der Waals surface area contributed by atoms with Crippen LogP contribution < -0.4 is 11.5 Å². The third-order valence-corrected chi connectivity index (χ3v) is 2.51. The van der Waals surface area contributed by atoms with Crippen LogP contribution in [0.3, 0.4) is 0 Å². The minimum absolute atomic E-state index is 0.385. The third kappa shape index (κ3) is 3.90. The number of unbranched alkanes of at least 4 members (excludes halogenated alkanes) is 2. The minimum Gasteiger partial charge on any atom is -0.383 e. The first kappa shape index (κ1) is 13.2. The quantitative estimate of drug-likeness (QED) is 0.445. The lowest BCUT2D eigenvalue weighted by Crippen LogP contribution is -2.21. The van der Waals surface area contributed by atoms with E-state index in [1.165, 1.54) is 0 Å². The van der Waals surface area contributed by atoms with Gasteiger partial charge in [-0.25, -0.2) is 0 Å². The van der Waals surface area contributed by atoms with Crippen LogP contribution in [0.5, 0.6) is 0 Å². The second-order valence-electron chi connectivity index (χ2n) is 3.88. The molecule has 0 spiro atoms. The van der Waals surface area contributed by atoms with E-state index in [-0.39, 0.29) is 0 Å². The Balaban J connectivity index is 2.80. The zero-order chi connectivity index (χ0) is 12.7. The smallest absolute Gasteiger partial charge is 0.249 e. The van der Waals surface area contributed by atoms with E-state index >= 15 is 0 Å². The van der Waals surface area contributed by atoms with Gasteiger partial charge < -0.3 is 11.5 Å². The highest BCUT2D eigenvalue weighted by Gasteiger charge is 2.09. The normalized spacial score (nSPS) is 11.5. The topological polar surface area (TPSA) is 81.5 Å². The summed E-state index contributed by atoms with van der Waals surface area (Å²) in [5.74, 6) is -0.0946. The molecule has 0 aromatic heterocycles. The highest BCUT2D eigenvalue weighted by Crippen LogP contribution is 2.08. The monoisotopic (exact) mass is 233 g/mol. The van der Waals surface area contributed by atoms with Crippen molar-refractivity contribution in [3.8, 4) is 0 Å². The minimum atomic E-state index is -0.479. The summed E-state index contributed by atoms with van der Waals surface area (Å²) in [5.41, 5.74) is 12.2. The molecule has 0 radical (unpaired) electrons. The molecule has 92 valence electrons. The lowest BCUT2D eigenvalue weighted by atomic mass is 10.1. The standard InChI is InChI=1S/C13H19N3O/c1-2-3-6-9-16-12(14)10-7-4-5-8-11(10)13(15)17/h4-5,7-8H,2-3,6,9H2,1H3,(H2,14,16)(H2,15,17). The maximum absolute atomic E-state index is 11.2. The summed E-state index contributed by atoms with van der Waals surface area (Å²) in [7, 11) is 0. The van der Waals surface area contributed by atoms with E-state index in [1.807, 2.05) is 6.07 Å². The van der Waals surface area contributed by atoms with Gasteiger partial charge in [0.2, 0.25) is 5.91 Å². The van der Waals surface area contributed by atoms with Gasteiger partial charge in [0, 0.05) is 17.7 Å². The molecule has 0 atom stereocenters. The number of hydrogen-bond donors (Lipinski definition) is 2. The predicted octanol–water partition coefficient (Wildman–Crippen LogP) is 1.68. The Bertz CT molecular complexity index is 413. The number of amidine groups is 1. The van der Waals surface area contributed by atoms with Crippen molar-refractivity contribution in [3.63, 3.8) is 0 Å².